The number of aliphatic hydroxyl groups excluding tert-OH is 1. The van der Waals surface area contributed by atoms with Gasteiger partial charge in [0.15, 0.2) is 0 Å². The molecule has 0 aliphatic heterocycles. The lowest BCUT2D eigenvalue weighted by Gasteiger charge is -2.15. The maximum Gasteiger partial charge on any atom is 0.250 e. The van der Waals surface area contributed by atoms with Crippen molar-refractivity contribution in [1.29, 1.82) is 0 Å². The highest BCUT2D eigenvalue weighted by Crippen LogP contribution is 1.89. The molecule has 0 radical (unpaired) electrons. The zero-order valence-electron chi connectivity index (χ0n) is 9.18. The standard InChI is InChI=1S/C11H18N2O2/c1-9(2)12-7-10(14)8-13-6-4-3-5-11(13)15/h3-6,9-10,12,14H,7-8H2,1-2H3. The number of aliphatic hydroxyl groups is 1. The smallest absolute Gasteiger partial charge is 0.250 e. The Hall–Kier alpha value is -1.13. The Bertz CT molecular complexity index is 346. The number of hydrogen-bond acceptors (Lipinski definition) is 3. The third-order valence-electron chi connectivity index (χ3n) is 2.07. The predicted octanol–water partition coefficient (Wildman–Crippen LogP) is 0.207. The molecule has 84 valence electrons. The molecular weight excluding hydrogens is 192 g/mol. The van der Waals surface area contributed by atoms with Crippen LogP contribution in [0.4, 0.5) is 0 Å². The van der Waals surface area contributed by atoms with Crippen LogP contribution in [0.3, 0.4) is 0 Å². The molecule has 0 aromatic carbocycles. The van der Waals surface area contributed by atoms with Crippen LogP contribution >= 0.6 is 0 Å². The highest BCUT2D eigenvalue weighted by Gasteiger charge is 2.06. The van der Waals surface area contributed by atoms with Crippen LogP contribution in [0.15, 0.2) is 29.2 Å². The third kappa shape index (κ3) is 4.27. The molecule has 0 saturated carbocycles. The third-order valence-corrected chi connectivity index (χ3v) is 2.07. The summed E-state index contributed by atoms with van der Waals surface area (Å²) in [6.45, 7) is 4.86. The van der Waals surface area contributed by atoms with E-state index < -0.39 is 6.10 Å². The van der Waals surface area contributed by atoms with Crippen LogP contribution in [0.25, 0.3) is 0 Å². The van der Waals surface area contributed by atoms with Crippen molar-refractivity contribution in [2.45, 2.75) is 32.5 Å². The summed E-state index contributed by atoms with van der Waals surface area (Å²) in [5.41, 5.74) is -0.0823. The molecular formula is C11H18N2O2. The van der Waals surface area contributed by atoms with Gasteiger partial charge in [0.2, 0.25) is 0 Å². The van der Waals surface area contributed by atoms with Crippen molar-refractivity contribution in [2.75, 3.05) is 6.54 Å². The summed E-state index contributed by atoms with van der Waals surface area (Å²) >= 11 is 0. The molecule has 4 nitrogen and oxygen atoms in total. The van der Waals surface area contributed by atoms with E-state index >= 15 is 0 Å². The molecule has 0 saturated heterocycles. The van der Waals surface area contributed by atoms with E-state index in [0.29, 0.717) is 19.1 Å². The second-order valence-corrected chi connectivity index (χ2v) is 3.91. The lowest BCUT2D eigenvalue weighted by molar-refractivity contribution is 0.147. The molecule has 1 atom stereocenters. The van der Waals surface area contributed by atoms with Crippen LogP contribution in [-0.2, 0) is 6.54 Å². The molecule has 1 rings (SSSR count). The SMILES string of the molecule is CC(C)NCC(O)Cn1ccccc1=O. The second kappa shape index (κ2) is 5.68. The van der Waals surface area contributed by atoms with E-state index in [4.69, 9.17) is 0 Å². The number of pyridine rings is 1. The van der Waals surface area contributed by atoms with E-state index in [1.54, 1.807) is 18.3 Å². The Morgan fingerprint density at radius 2 is 2.20 bits per heavy atom. The van der Waals surface area contributed by atoms with Crippen molar-refractivity contribution in [3.63, 3.8) is 0 Å². The van der Waals surface area contributed by atoms with Crippen LogP contribution in [0, 0.1) is 0 Å². The van der Waals surface area contributed by atoms with Gasteiger partial charge >= 0.3 is 0 Å². The minimum absolute atomic E-state index is 0.0823. The molecule has 0 aliphatic carbocycles. The first-order chi connectivity index (χ1) is 7.09. The van der Waals surface area contributed by atoms with Gasteiger partial charge in [-0.25, -0.2) is 0 Å². The van der Waals surface area contributed by atoms with Gasteiger partial charge in [0.1, 0.15) is 0 Å². The summed E-state index contributed by atoms with van der Waals surface area (Å²) in [7, 11) is 0. The first-order valence-corrected chi connectivity index (χ1v) is 5.16. The van der Waals surface area contributed by atoms with Gasteiger partial charge < -0.3 is 15.0 Å². The average Bonchev–Trinajstić information content (AvgIpc) is 2.18. The van der Waals surface area contributed by atoms with Crippen molar-refractivity contribution in [3.8, 4) is 0 Å². The maximum absolute atomic E-state index is 11.3. The summed E-state index contributed by atoms with van der Waals surface area (Å²) in [4.78, 5) is 11.3. The highest BCUT2D eigenvalue weighted by molar-refractivity contribution is 4.93. The van der Waals surface area contributed by atoms with E-state index in [1.165, 1.54) is 10.6 Å². The zero-order chi connectivity index (χ0) is 11.3. The van der Waals surface area contributed by atoms with Gasteiger partial charge in [-0.15, -0.1) is 0 Å². The summed E-state index contributed by atoms with van der Waals surface area (Å²) in [5.74, 6) is 0. The topological polar surface area (TPSA) is 54.3 Å². The summed E-state index contributed by atoms with van der Waals surface area (Å²) in [5, 5.41) is 12.8. The first-order valence-electron chi connectivity index (χ1n) is 5.16. The fourth-order valence-corrected chi connectivity index (χ4v) is 1.27. The lowest BCUT2D eigenvalue weighted by Crippen LogP contribution is -2.36. The molecule has 1 aromatic heterocycles. The molecule has 15 heavy (non-hydrogen) atoms. The first kappa shape index (κ1) is 11.9. The number of aromatic nitrogens is 1. The number of hydrogen-bond donors (Lipinski definition) is 2. The van der Waals surface area contributed by atoms with E-state index in [9.17, 15) is 9.90 Å². The largest absolute Gasteiger partial charge is 0.390 e. The number of nitrogens with one attached hydrogen (secondary N) is 1. The predicted molar refractivity (Wildman–Crippen MR) is 59.8 cm³/mol. The van der Waals surface area contributed by atoms with Gasteiger partial charge in [-0.3, -0.25) is 4.79 Å². The molecule has 1 unspecified atom stereocenters. The Labute approximate surface area is 89.6 Å². The summed E-state index contributed by atoms with van der Waals surface area (Å²) < 4.78 is 1.51. The molecule has 2 N–H and O–H groups in total. The molecule has 0 aliphatic rings. The average molecular weight is 210 g/mol. The Balaban J connectivity index is 2.48. The normalized spacial score (nSPS) is 13.1. The van der Waals surface area contributed by atoms with E-state index in [0.717, 1.165) is 0 Å². The monoisotopic (exact) mass is 210 g/mol. The number of rotatable bonds is 5. The fourth-order valence-electron chi connectivity index (χ4n) is 1.27. The minimum Gasteiger partial charge on any atom is -0.390 e. The molecule has 0 spiro atoms. The Morgan fingerprint density at radius 3 is 2.80 bits per heavy atom. The van der Waals surface area contributed by atoms with Crippen LogP contribution in [0.5, 0.6) is 0 Å². The van der Waals surface area contributed by atoms with Gasteiger partial charge in [0, 0.05) is 24.8 Å². The fraction of sp³-hybridized carbons (Fsp3) is 0.545. The van der Waals surface area contributed by atoms with Crippen molar-refractivity contribution >= 4 is 0 Å². The molecule has 0 amide bonds. The Kier molecular flexibility index (Phi) is 4.52. The van der Waals surface area contributed by atoms with E-state index in [-0.39, 0.29) is 5.56 Å². The molecule has 4 heteroatoms. The van der Waals surface area contributed by atoms with Crippen molar-refractivity contribution in [1.82, 2.24) is 9.88 Å². The van der Waals surface area contributed by atoms with Crippen LogP contribution < -0.4 is 10.9 Å². The van der Waals surface area contributed by atoms with E-state index in [2.05, 4.69) is 5.32 Å². The number of nitrogens with zero attached hydrogens (tertiary/aromatic N) is 1. The molecule has 0 bridgehead atoms. The van der Waals surface area contributed by atoms with Crippen molar-refractivity contribution in [3.05, 3.63) is 34.7 Å². The van der Waals surface area contributed by atoms with Crippen molar-refractivity contribution < 1.29 is 5.11 Å². The van der Waals surface area contributed by atoms with E-state index in [1.807, 2.05) is 13.8 Å². The lowest BCUT2D eigenvalue weighted by atomic mass is 10.3. The Morgan fingerprint density at radius 1 is 1.47 bits per heavy atom. The van der Waals surface area contributed by atoms with Gasteiger partial charge in [0.05, 0.1) is 12.6 Å². The van der Waals surface area contributed by atoms with Crippen LogP contribution in [0.2, 0.25) is 0 Å². The van der Waals surface area contributed by atoms with Gasteiger partial charge in [-0.2, -0.15) is 0 Å². The van der Waals surface area contributed by atoms with Gasteiger partial charge in [-0.1, -0.05) is 19.9 Å². The molecule has 1 heterocycles. The highest BCUT2D eigenvalue weighted by atomic mass is 16.3. The second-order valence-electron chi connectivity index (χ2n) is 3.91. The van der Waals surface area contributed by atoms with Crippen LogP contribution in [-0.4, -0.2) is 28.4 Å². The van der Waals surface area contributed by atoms with Crippen molar-refractivity contribution in [2.24, 2.45) is 0 Å². The minimum atomic E-state index is -0.535. The zero-order valence-corrected chi connectivity index (χ0v) is 9.18. The maximum atomic E-state index is 11.3. The molecule has 1 aromatic rings. The summed E-state index contributed by atoms with van der Waals surface area (Å²) in [6, 6.07) is 5.30. The molecule has 0 fully saturated rings. The van der Waals surface area contributed by atoms with Gasteiger partial charge in [-0.05, 0) is 6.07 Å². The van der Waals surface area contributed by atoms with Gasteiger partial charge in [0.25, 0.3) is 5.56 Å². The quantitative estimate of drug-likeness (QED) is 0.730. The summed E-state index contributed by atoms with van der Waals surface area (Å²) in [6.07, 6.45) is 1.15. The van der Waals surface area contributed by atoms with Crippen LogP contribution in [0.1, 0.15) is 13.8 Å².